The van der Waals surface area contributed by atoms with E-state index in [0.717, 1.165) is 75.8 Å². The summed E-state index contributed by atoms with van der Waals surface area (Å²) in [5.74, 6) is 0.0888. The molecule has 2 fully saturated rings. The Morgan fingerprint density at radius 1 is 0.857 bits per heavy atom. The Labute approximate surface area is 266 Å². The van der Waals surface area contributed by atoms with Crippen LogP contribution >= 0.6 is 35.6 Å². The molecular formula is C34H41Cl3N2O3. The number of amides is 1. The molecule has 42 heavy (non-hydrogen) atoms. The van der Waals surface area contributed by atoms with Gasteiger partial charge in [0.05, 0.1) is 28.9 Å². The predicted molar refractivity (Wildman–Crippen MR) is 173 cm³/mol. The summed E-state index contributed by atoms with van der Waals surface area (Å²) in [6.45, 7) is 4.68. The first-order valence-corrected chi connectivity index (χ1v) is 15.5. The van der Waals surface area contributed by atoms with Crippen LogP contribution in [0.2, 0.25) is 10.0 Å². The standard InChI is InChI=1S/C34H40Cl2N2O3.ClH/c35-30-14-13-29(25-31(30)36)33(16-8-20-38(26-33)32(40)27-9-3-1-4-10-27)15-7-19-37-21-17-34(18-22-37,41-24-23-39)28-11-5-2-6-12-28;/h1-6,9-14,25,39H,7-8,15-24,26H2;1H. The monoisotopic (exact) mass is 630 g/mol. The number of likely N-dealkylation sites (tertiary alicyclic amines) is 2. The minimum absolute atomic E-state index is 0. The summed E-state index contributed by atoms with van der Waals surface area (Å²) in [6.07, 6.45) is 5.73. The van der Waals surface area contributed by atoms with E-state index in [0.29, 0.717) is 23.2 Å². The molecule has 0 spiro atoms. The van der Waals surface area contributed by atoms with Gasteiger partial charge in [0.15, 0.2) is 0 Å². The molecule has 8 heteroatoms. The third-order valence-electron chi connectivity index (χ3n) is 8.98. The van der Waals surface area contributed by atoms with Gasteiger partial charge in [0.1, 0.15) is 0 Å². The zero-order valence-corrected chi connectivity index (χ0v) is 26.3. The molecule has 2 aliphatic rings. The van der Waals surface area contributed by atoms with Gasteiger partial charge in [0.25, 0.3) is 5.91 Å². The molecule has 2 saturated heterocycles. The number of halogens is 3. The lowest BCUT2D eigenvalue weighted by Crippen LogP contribution is -2.49. The number of hydrogen-bond donors (Lipinski definition) is 1. The molecule has 2 heterocycles. The highest BCUT2D eigenvalue weighted by molar-refractivity contribution is 6.42. The molecule has 226 valence electrons. The summed E-state index contributed by atoms with van der Waals surface area (Å²) in [5, 5.41) is 10.6. The average Bonchev–Trinajstić information content (AvgIpc) is 3.02. The molecule has 1 unspecified atom stereocenters. The molecule has 0 aromatic heterocycles. The number of ether oxygens (including phenoxy) is 1. The van der Waals surface area contributed by atoms with E-state index in [9.17, 15) is 9.90 Å². The van der Waals surface area contributed by atoms with E-state index in [1.54, 1.807) is 0 Å². The van der Waals surface area contributed by atoms with Crippen molar-refractivity contribution in [2.45, 2.75) is 49.5 Å². The van der Waals surface area contributed by atoms with Crippen molar-refractivity contribution in [2.24, 2.45) is 0 Å². The van der Waals surface area contributed by atoms with Crippen LogP contribution in [0, 0.1) is 0 Å². The highest BCUT2D eigenvalue weighted by atomic mass is 35.5. The third kappa shape index (κ3) is 7.50. The number of piperidine rings is 2. The number of carbonyl (C=O) groups excluding carboxylic acids is 1. The molecule has 1 atom stereocenters. The lowest BCUT2D eigenvalue weighted by molar-refractivity contribution is -0.0986. The Balaban J connectivity index is 0.00000405. The van der Waals surface area contributed by atoms with Gasteiger partial charge in [-0.1, -0.05) is 77.8 Å². The van der Waals surface area contributed by atoms with E-state index in [2.05, 4.69) is 35.2 Å². The van der Waals surface area contributed by atoms with Gasteiger partial charge >= 0.3 is 0 Å². The molecule has 2 aliphatic heterocycles. The van der Waals surface area contributed by atoms with E-state index in [-0.39, 0.29) is 35.9 Å². The summed E-state index contributed by atoms with van der Waals surface area (Å²) in [6, 6.07) is 26.0. The normalized spacial score (nSPS) is 20.6. The zero-order chi connectivity index (χ0) is 28.7. The first-order chi connectivity index (χ1) is 19.9. The SMILES string of the molecule is Cl.O=C(c1ccccc1)N1CCCC(CCCN2CCC(OCCO)(c3ccccc3)CC2)(c2ccc(Cl)c(Cl)c2)C1. The lowest BCUT2D eigenvalue weighted by Gasteiger charge is -2.45. The molecule has 5 nitrogen and oxygen atoms in total. The van der Waals surface area contributed by atoms with E-state index in [1.165, 1.54) is 5.56 Å². The van der Waals surface area contributed by atoms with Gasteiger partial charge in [-0.15, -0.1) is 12.4 Å². The number of aliphatic hydroxyl groups excluding tert-OH is 1. The largest absolute Gasteiger partial charge is 0.394 e. The fourth-order valence-corrected chi connectivity index (χ4v) is 7.05. The molecule has 1 amide bonds. The van der Waals surface area contributed by atoms with Crippen LogP contribution in [0.4, 0.5) is 0 Å². The molecule has 5 rings (SSSR count). The first-order valence-electron chi connectivity index (χ1n) is 14.8. The molecular weight excluding hydrogens is 591 g/mol. The lowest BCUT2D eigenvalue weighted by atomic mass is 9.70. The van der Waals surface area contributed by atoms with E-state index < -0.39 is 0 Å². The molecule has 0 saturated carbocycles. The second-order valence-corrected chi connectivity index (χ2v) is 12.3. The Bertz CT molecular complexity index is 1290. The van der Waals surface area contributed by atoms with Crippen LogP contribution in [-0.2, 0) is 15.8 Å². The fourth-order valence-electron chi connectivity index (χ4n) is 6.76. The number of hydrogen-bond acceptors (Lipinski definition) is 4. The zero-order valence-electron chi connectivity index (χ0n) is 24.0. The minimum atomic E-state index is -0.344. The summed E-state index contributed by atoms with van der Waals surface area (Å²) in [7, 11) is 0. The van der Waals surface area contributed by atoms with Crippen LogP contribution in [0.3, 0.4) is 0 Å². The highest BCUT2D eigenvalue weighted by Crippen LogP contribution is 2.42. The smallest absolute Gasteiger partial charge is 0.253 e. The summed E-state index contributed by atoms with van der Waals surface area (Å²) >= 11 is 12.8. The van der Waals surface area contributed by atoms with Crippen LogP contribution in [0.5, 0.6) is 0 Å². The van der Waals surface area contributed by atoms with Crippen LogP contribution < -0.4 is 0 Å². The second kappa shape index (κ2) is 15.1. The van der Waals surface area contributed by atoms with Crippen molar-refractivity contribution >= 4 is 41.5 Å². The van der Waals surface area contributed by atoms with Crippen molar-refractivity contribution in [3.8, 4) is 0 Å². The number of aliphatic hydroxyl groups is 1. The molecule has 0 bridgehead atoms. The number of rotatable bonds is 10. The maximum Gasteiger partial charge on any atom is 0.253 e. The average molecular weight is 632 g/mol. The topological polar surface area (TPSA) is 53.0 Å². The van der Waals surface area contributed by atoms with Crippen LogP contribution in [-0.4, -0.2) is 66.8 Å². The van der Waals surface area contributed by atoms with E-state index in [4.69, 9.17) is 27.9 Å². The maximum absolute atomic E-state index is 13.5. The van der Waals surface area contributed by atoms with Gasteiger partial charge in [-0.3, -0.25) is 4.79 Å². The van der Waals surface area contributed by atoms with Gasteiger partial charge in [0.2, 0.25) is 0 Å². The van der Waals surface area contributed by atoms with E-state index >= 15 is 0 Å². The Kier molecular flexibility index (Phi) is 11.8. The van der Waals surface area contributed by atoms with Gasteiger partial charge in [-0.2, -0.15) is 0 Å². The molecule has 1 N–H and O–H groups in total. The van der Waals surface area contributed by atoms with Crippen molar-refractivity contribution < 1.29 is 14.6 Å². The molecule has 0 radical (unpaired) electrons. The predicted octanol–water partition coefficient (Wildman–Crippen LogP) is 7.37. The Morgan fingerprint density at radius 2 is 1.55 bits per heavy atom. The number of carbonyl (C=O) groups is 1. The minimum Gasteiger partial charge on any atom is -0.394 e. The highest BCUT2D eigenvalue weighted by Gasteiger charge is 2.40. The van der Waals surface area contributed by atoms with Crippen molar-refractivity contribution in [2.75, 3.05) is 45.9 Å². The van der Waals surface area contributed by atoms with Crippen LogP contribution in [0.15, 0.2) is 78.9 Å². The van der Waals surface area contributed by atoms with Crippen LogP contribution in [0.25, 0.3) is 0 Å². The van der Waals surface area contributed by atoms with Crippen molar-refractivity contribution in [3.63, 3.8) is 0 Å². The summed E-state index contributed by atoms with van der Waals surface area (Å²) in [4.78, 5) is 18.0. The van der Waals surface area contributed by atoms with Crippen molar-refractivity contribution in [1.82, 2.24) is 9.80 Å². The number of benzene rings is 3. The fraction of sp³-hybridized carbons (Fsp3) is 0.441. The third-order valence-corrected chi connectivity index (χ3v) is 9.72. The van der Waals surface area contributed by atoms with Gasteiger partial charge in [-0.25, -0.2) is 0 Å². The van der Waals surface area contributed by atoms with Gasteiger partial charge in [-0.05, 0) is 80.5 Å². The van der Waals surface area contributed by atoms with Gasteiger partial charge < -0.3 is 19.6 Å². The summed E-state index contributed by atoms with van der Waals surface area (Å²) < 4.78 is 6.28. The second-order valence-electron chi connectivity index (χ2n) is 11.5. The maximum atomic E-state index is 13.5. The van der Waals surface area contributed by atoms with Crippen molar-refractivity contribution in [3.05, 3.63) is 106 Å². The van der Waals surface area contributed by atoms with Crippen molar-refractivity contribution in [1.29, 1.82) is 0 Å². The van der Waals surface area contributed by atoms with Gasteiger partial charge in [0, 0.05) is 37.2 Å². The molecule has 3 aromatic rings. The van der Waals surface area contributed by atoms with Crippen LogP contribution in [0.1, 0.15) is 60.0 Å². The summed E-state index contributed by atoms with van der Waals surface area (Å²) in [5.41, 5.74) is 2.57. The Morgan fingerprint density at radius 3 is 2.21 bits per heavy atom. The van der Waals surface area contributed by atoms with E-state index in [1.807, 2.05) is 53.4 Å². The Hall–Kier alpha value is -2.12. The molecule has 3 aromatic carbocycles. The quantitative estimate of drug-likeness (QED) is 0.254. The molecule has 0 aliphatic carbocycles. The first kappa shape index (κ1) is 32.8. The number of nitrogens with zero attached hydrogens (tertiary/aromatic N) is 2.